The van der Waals surface area contributed by atoms with Gasteiger partial charge < -0.3 is 14.7 Å². The fraction of sp³-hybridized carbons (Fsp3) is 0.0667. The second-order valence-electron chi connectivity index (χ2n) is 4.52. The van der Waals surface area contributed by atoms with Crippen molar-refractivity contribution in [2.24, 2.45) is 0 Å². The van der Waals surface area contributed by atoms with Gasteiger partial charge in [-0.1, -0.05) is 17.3 Å². The van der Waals surface area contributed by atoms with Crippen LogP contribution in [0.15, 0.2) is 47.0 Å². The molecule has 0 fully saturated rings. The Morgan fingerprint density at radius 3 is 2.57 bits per heavy atom. The second kappa shape index (κ2) is 5.72. The van der Waals surface area contributed by atoms with Gasteiger partial charge in [0.2, 0.25) is 0 Å². The molecule has 0 bridgehead atoms. The lowest BCUT2D eigenvalue weighted by Crippen LogP contribution is -1.90. The highest BCUT2D eigenvalue weighted by Crippen LogP contribution is 2.29. The lowest BCUT2D eigenvalue weighted by Gasteiger charge is -1.99. The van der Waals surface area contributed by atoms with E-state index in [1.807, 2.05) is 0 Å². The molecule has 0 aliphatic carbocycles. The molecule has 0 aliphatic heterocycles. The van der Waals surface area contributed by atoms with Gasteiger partial charge in [0.25, 0.3) is 5.89 Å². The summed E-state index contributed by atoms with van der Waals surface area (Å²) < 4.78 is 6.18. The first-order valence-corrected chi connectivity index (χ1v) is 7.29. The number of halogens is 1. The van der Waals surface area contributed by atoms with Crippen LogP contribution in [-0.2, 0) is 6.42 Å². The van der Waals surface area contributed by atoms with E-state index in [1.54, 1.807) is 42.5 Å². The van der Waals surface area contributed by atoms with Crippen molar-refractivity contribution in [3.8, 4) is 23.0 Å². The summed E-state index contributed by atoms with van der Waals surface area (Å²) in [5.74, 6) is 1.14. The molecule has 3 rings (SSSR count). The number of rotatable bonds is 3. The van der Waals surface area contributed by atoms with Crippen molar-refractivity contribution in [1.82, 2.24) is 10.1 Å². The van der Waals surface area contributed by atoms with E-state index in [4.69, 9.17) is 4.52 Å². The minimum absolute atomic E-state index is 0.107. The first-order chi connectivity index (χ1) is 10.1. The Kier molecular flexibility index (Phi) is 3.78. The van der Waals surface area contributed by atoms with Gasteiger partial charge in [-0.2, -0.15) is 4.98 Å². The third-order valence-corrected chi connectivity index (χ3v) is 3.63. The van der Waals surface area contributed by atoms with Crippen LogP contribution in [0, 0.1) is 3.57 Å². The van der Waals surface area contributed by atoms with Crippen LogP contribution in [0.25, 0.3) is 11.5 Å². The van der Waals surface area contributed by atoms with E-state index in [0.717, 1.165) is 9.13 Å². The van der Waals surface area contributed by atoms with Gasteiger partial charge in [0, 0.05) is 9.99 Å². The van der Waals surface area contributed by atoms with Crippen molar-refractivity contribution in [3.05, 3.63) is 57.4 Å². The maximum atomic E-state index is 9.86. The summed E-state index contributed by atoms with van der Waals surface area (Å²) in [4.78, 5) is 4.30. The van der Waals surface area contributed by atoms with Crippen molar-refractivity contribution in [1.29, 1.82) is 0 Å². The molecule has 21 heavy (non-hydrogen) atoms. The molecule has 1 aromatic heterocycles. The number of phenols is 2. The fourth-order valence-electron chi connectivity index (χ4n) is 1.91. The van der Waals surface area contributed by atoms with Crippen LogP contribution in [0.1, 0.15) is 11.4 Å². The molecule has 1 heterocycles. The van der Waals surface area contributed by atoms with Gasteiger partial charge in [-0.15, -0.1) is 0 Å². The molecular formula is C15H11IN2O3. The minimum atomic E-state index is 0.107. The van der Waals surface area contributed by atoms with Crippen molar-refractivity contribution < 1.29 is 14.7 Å². The zero-order chi connectivity index (χ0) is 14.8. The van der Waals surface area contributed by atoms with E-state index in [2.05, 4.69) is 32.7 Å². The van der Waals surface area contributed by atoms with E-state index in [9.17, 15) is 10.2 Å². The average Bonchev–Trinajstić information content (AvgIpc) is 2.92. The highest BCUT2D eigenvalue weighted by atomic mass is 127. The number of hydrogen-bond donors (Lipinski definition) is 2. The molecule has 0 aliphatic rings. The molecule has 2 N–H and O–H groups in total. The molecule has 0 unspecified atom stereocenters. The summed E-state index contributed by atoms with van der Waals surface area (Å²) in [6.07, 6.45) is 0.495. The average molecular weight is 394 g/mol. The predicted octanol–water partition coefficient (Wildman–Crippen LogP) is 3.34. The predicted molar refractivity (Wildman–Crippen MR) is 85.0 cm³/mol. The smallest absolute Gasteiger partial charge is 0.261 e. The third kappa shape index (κ3) is 3.15. The quantitative estimate of drug-likeness (QED) is 0.667. The Balaban J connectivity index is 1.86. The number of hydrogen-bond acceptors (Lipinski definition) is 5. The van der Waals surface area contributed by atoms with Gasteiger partial charge in [0.05, 0.1) is 5.56 Å². The summed E-state index contributed by atoms with van der Waals surface area (Å²) in [5, 5.41) is 23.0. The van der Waals surface area contributed by atoms with Gasteiger partial charge in [-0.05, 0) is 58.5 Å². The molecule has 6 heteroatoms. The van der Waals surface area contributed by atoms with Gasteiger partial charge in [-0.3, -0.25) is 0 Å². The van der Waals surface area contributed by atoms with Gasteiger partial charge in [0.1, 0.15) is 11.5 Å². The van der Waals surface area contributed by atoms with Crippen LogP contribution in [0.4, 0.5) is 0 Å². The molecule has 5 nitrogen and oxygen atoms in total. The van der Waals surface area contributed by atoms with Crippen LogP contribution in [0.3, 0.4) is 0 Å². The van der Waals surface area contributed by atoms with Crippen molar-refractivity contribution in [2.45, 2.75) is 6.42 Å². The van der Waals surface area contributed by atoms with Gasteiger partial charge in [-0.25, -0.2) is 0 Å². The Morgan fingerprint density at radius 1 is 1.05 bits per heavy atom. The van der Waals surface area contributed by atoms with E-state index in [1.165, 1.54) is 0 Å². The van der Waals surface area contributed by atoms with Gasteiger partial charge >= 0.3 is 0 Å². The van der Waals surface area contributed by atoms with Crippen LogP contribution < -0.4 is 0 Å². The van der Waals surface area contributed by atoms with Crippen LogP contribution >= 0.6 is 22.6 Å². The Hall–Kier alpha value is -2.09. The zero-order valence-corrected chi connectivity index (χ0v) is 13.0. The molecule has 0 amide bonds. The first-order valence-electron chi connectivity index (χ1n) is 6.21. The molecular weight excluding hydrogens is 383 g/mol. The molecule has 106 valence electrons. The summed E-state index contributed by atoms with van der Waals surface area (Å²) in [5.41, 5.74) is 1.48. The van der Waals surface area contributed by atoms with E-state index in [-0.39, 0.29) is 11.5 Å². The number of phenolic OH excluding ortho intramolecular Hbond substituents is 2. The van der Waals surface area contributed by atoms with E-state index in [0.29, 0.717) is 23.7 Å². The SMILES string of the molecule is Oc1ccc(Cc2noc(-c3cc(I)ccc3O)n2)cc1. The van der Waals surface area contributed by atoms with Crippen molar-refractivity contribution in [3.63, 3.8) is 0 Å². The maximum absolute atomic E-state index is 9.86. The molecule has 0 atom stereocenters. The number of aromatic nitrogens is 2. The van der Waals surface area contributed by atoms with Crippen LogP contribution in [-0.4, -0.2) is 20.4 Å². The summed E-state index contributed by atoms with van der Waals surface area (Å²) in [6.45, 7) is 0. The first kappa shape index (κ1) is 13.9. The van der Waals surface area contributed by atoms with Gasteiger partial charge in [0.15, 0.2) is 5.82 Å². The van der Waals surface area contributed by atoms with Crippen molar-refractivity contribution >= 4 is 22.6 Å². The number of aromatic hydroxyl groups is 2. The Morgan fingerprint density at radius 2 is 1.81 bits per heavy atom. The minimum Gasteiger partial charge on any atom is -0.508 e. The molecule has 0 saturated carbocycles. The highest BCUT2D eigenvalue weighted by Gasteiger charge is 2.13. The maximum Gasteiger partial charge on any atom is 0.261 e. The topological polar surface area (TPSA) is 79.4 Å². The number of nitrogens with zero attached hydrogens (tertiary/aromatic N) is 2. The Labute approximate surface area is 134 Å². The third-order valence-electron chi connectivity index (χ3n) is 2.96. The van der Waals surface area contributed by atoms with E-state index >= 15 is 0 Å². The summed E-state index contributed by atoms with van der Waals surface area (Å²) >= 11 is 2.15. The molecule has 0 radical (unpaired) electrons. The molecule has 2 aromatic carbocycles. The summed E-state index contributed by atoms with van der Waals surface area (Å²) in [7, 11) is 0. The molecule has 0 spiro atoms. The van der Waals surface area contributed by atoms with Crippen molar-refractivity contribution in [2.75, 3.05) is 0 Å². The van der Waals surface area contributed by atoms with Crippen LogP contribution in [0.5, 0.6) is 11.5 Å². The lowest BCUT2D eigenvalue weighted by atomic mass is 10.1. The fourth-order valence-corrected chi connectivity index (χ4v) is 2.40. The Bertz CT molecular complexity index is 769. The zero-order valence-electron chi connectivity index (χ0n) is 10.8. The monoisotopic (exact) mass is 394 g/mol. The number of benzene rings is 2. The lowest BCUT2D eigenvalue weighted by molar-refractivity contribution is 0.418. The second-order valence-corrected chi connectivity index (χ2v) is 5.77. The molecule has 3 aromatic rings. The summed E-state index contributed by atoms with van der Waals surface area (Å²) in [6, 6.07) is 12.0. The molecule has 0 saturated heterocycles. The highest BCUT2D eigenvalue weighted by molar-refractivity contribution is 14.1. The van der Waals surface area contributed by atoms with E-state index < -0.39 is 0 Å². The standard InChI is InChI=1S/C15H11IN2O3/c16-10-3-6-13(20)12(8-10)15-17-14(18-21-15)7-9-1-4-11(19)5-2-9/h1-6,8,19-20H,7H2. The normalized spacial score (nSPS) is 10.7. The van der Waals surface area contributed by atoms with Crippen LogP contribution in [0.2, 0.25) is 0 Å². The largest absolute Gasteiger partial charge is 0.508 e.